The van der Waals surface area contributed by atoms with Gasteiger partial charge < -0.3 is 9.80 Å². The number of nitrogens with zero attached hydrogens (tertiary/aromatic N) is 5. The molecule has 2 atom stereocenters. The number of imide groups is 1. The first-order chi connectivity index (χ1) is 13.8. The predicted octanol–water partition coefficient (Wildman–Crippen LogP) is 1.21. The molecule has 2 aliphatic heterocycles. The van der Waals surface area contributed by atoms with Crippen molar-refractivity contribution in [3.63, 3.8) is 0 Å². The number of hydrogen-bond acceptors (Lipinski definition) is 8. The van der Waals surface area contributed by atoms with Crippen LogP contribution in [-0.4, -0.2) is 64.6 Å². The lowest BCUT2D eigenvalue weighted by Gasteiger charge is -2.35. The first kappa shape index (κ1) is 20.3. The summed E-state index contributed by atoms with van der Waals surface area (Å²) in [5.41, 5.74) is 3.39. The van der Waals surface area contributed by atoms with Crippen molar-refractivity contribution in [1.82, 2.24) is 20.5 Å². The fourth-order valence-corrected chi connectivity index (χ4v) is 2.96. The van der Waals surface area contributed by atoms with Crippen LogP contribution in [0.4, 0.5) is 10.5 Å². The van der Waals surface area contributed by atoms with E-state index in [1.165, 1.54) is 23.2 Å². The standard InChI is InChI=1S/C17H18ClN7O4/c1-10(18)7-8-24-13-14(23(2)17(27)21-15(13)26)20-16(24)22-19-9-11-3-5-12(6-4-11)25(28)29/h3-7,9,13-14H,8H2,1-2H3,(H,20,22)(H,21,26,27)/b10-7-,19-9-. The van der Waals surface area contributed by atoms with Crippen molar-refractivity contribution in [3.05, 3.63) is 51.1 Å². The first-order valence-corrected chi connectivity index (χ1v) is 8.93. The predicted molar refractivity (Wildman–Crippen MR) is 106 cm³/mol. The molecular weight excluding hydrogens is 402 g/mol. The molecule has 2 heterocycles. The lowest BCUT2D eigenvalue weighted by Crippen LogP contribution is -2.64. The number of fused-ring (bicyclic) bond motifs is 1. The van der Waals surface area contributed by atoms with Crippen LogP contribution in [0.1, 0.15) is 12.5 Å². The summed E-state index contributed by atoms with van der Waals surface area (Å²) in [6, 6.07) is 4.59. The van der Waals surface area contributed by atoms with Crippen LogP contribution >= 0.6 is 11.6 Å². The number of likely N-dealkylation sites (N-methyl/N-ethyl adjacent to an activating group) is 1. The van der Waals surface area contributed by atoms with Crippen LogP contribution < -0.4 is 10.7 Å². The van der Waals surface area contributed by atoms with Gasteiger partial charge in [0.15, 0.2) is 12.2 Å². The summed E-state index contributed by atoms with van der Waals surface area (Å²) in [5, 5.41) is 17.6. The number of carbonyl (C=O) groups is 2. The summed E-state index contributed by atoms with van der Waals surface area (Å²) < 4.78 is 0. The summed E-state index contributed by atoms with van der Waals surface area (Å²) in [6.07, 6.45) is 2.48. The largest absolute Gasteiger partial charge is 0.325 e. The average Bonchev–Trinajstić information content (AvgIpc) is 3.04. The van der Waals surface area contributed by atoms with E-state index in [-0.39, 0.29) is 12.2 Å². The van der Waals surface area contributed by atoms with Gasteiger partial charge in [0.2, 0.25) is 5.96 Å². The molecule has 0 radical (unpaired) electrons. The third-order valence-corrected chi connectivity index (χ3v) is 4.57. The van der Waals surface area contributed by atoms with Crippen molar-refractivity contribution in [1.29, 1.82) is 0 Å². The maximum Gasteiger partial charge on any atom is 0.325 e. The number of nitro groups is 1. The monoisotopic (exact) mass is 419 g/mol. The number of halogens is 1. The fraction of sp³-hybridized carbons (Fsp3) is 0.294. The van der Waals surface area contributed by atoms with Crippen LogP contribution in [0.3, 0.4) is 0 Å². The minimum absolute atomic E-state index is 0.0209. The maximum absolute atomic E-state index is 12.4. The molecule has 3 amide bonds. The third kappa shape index (κ3) is 4.35. The van der Waals surface area contributed by atoms with Gasteiger partial charge >= 0.3 is 6.03 Å². The van der Waals surface area contributed by atoms with E-state index in [2.05, 4.69) is 20.8 Å². The Morgan fingerprint density at radius 2 is 2.10 bits per heavy atom. The number of benzene rings is 1. The Balaban J connectivity index is 1.79. The molecule has 0 aliphatic carbocycles. The number of nitro benzene ring substituents is 1. The van der Waals surface area contributed by atoms with Gasteiger partial charge in [-0.25, -0.2) is 15.2 Å². The molecular formula is C17H18ClN7O4. The molecule has 0 aromatic heterocycles. The van der Waals surface area contributed by atoms with Gasteiger partial charge in [0.1, 0.15) is 0 Å². The third-order valence-electron chi connectivity index (χ3n) is 4.41. The van der Waals surface area contributed by atoms with Crippen molar-refractivity contribution in [2.45, 2.75) is 19.1 Å². The number of allylic oxidation sites excluding steroid dienone is 1. The van der Waals surface area contributed by atoms with Crippen LogP contribution in [0, 0.1) is 10.1 Å². The number of rotatable bonds is 5. The maximum atomic E-state index is 12.4. The number of hydrogen-bond donors (Lipinski definition) is 2. The van der Waals surface area contributed by atoms with Crippen molar-refractivity contribution in [2.75, 3.05) is 13.6 Å². The summed E-state index contributed by atoms with van der Waals surface area (Å²) in [6.45, 7) is 1.99. The van der Waals surface area contributed by atoms with Crippen LogP contribution in [0.25, 0.3) is 0 Å². The highest BCUT2D eigenvalue weighted by Crippen LogP contribution is 2.23. The molecule has 2 N–H and O–H groups in total. The second kappa shape index (κ2) is 8.27. The Hall–Kier alpha value is -3.47. The van der Waals surface area contributed by atoms with E-state index in [0.29, 0.717) is 16.6 Å². The molecule has 1 saturated heterocycles. The minimum Gasteiger partial charge on any atom is -0.322 e. The van der Waals surface area contributed by atoms with Crippen LogP contribution in [0.5, 0.6) is 0 Å². The van der Waals surface area contributed by atoms with E-state index >= 15 is 0 Å². The molecule has 2 aliphatic rings. The molecule has 0 saturated carbocycles. The highest BCUT2D eigenvalue weighted by atomic mass is 35.5. The Kier molecular flexibility index (Phi) is 5.78. The van der Waals surface area contributed by atoms with Gasteiger partial charge in [-0.2, -0.15) is 5.10 Å². The molecule has 11 nitrogen and oxygen atoms in total. The number of hydrazone groups is 1. The zero-order valence-corrected chi connectivity index (χ0v) is 16.3. The quantitative estimate of drug-likeness (QED) is 0.418. The molecule has 12 heteroatoms. The van der Waals surface area contributed by atoms with E-state index in [1.54, 1.807) is 37.1 Å². The smallest absolute Gasteiger partial charge is 0.322 e. The van der Waals surface area contributed by atoms with Crippen molar-refractivity contribution < 1.29 is 14.5 Å². The number of urea groups is 1. The van der Waals surface area contributed by atoms with E-state index < -0.39 is 29.1 Å². The molecule has 29 heavy (non-hydrogen) atoms. The number of amides is 3. The topological polar surface area (TPSA) is 133 Å². The summed E-state index contributed by atoms with van der Waals surface area (Å²) in [7, 11) is 1.55. The van der Waals surface area contributed by atoms with Gasteiger partial charge in [-0.15, -0.1) is 0 Å². The number of guanidine groups is 1. The van der Waals surface area contributed by atoms with E-state index in [1.807, 2.05) is 0 Å². The van der Waals surface area contributed by atoms with E-state index in [9.17, 15) is 19.7 Å². The second-order valence-corrected chi connectivity index (χ2v) is 6.97. The Morgan fingerprint density at radius 1 is 1.41 bits per heavy atom. The Morgan fingerprint density at radius 3 is 2.72 bits per heavy atom. The van der Waals surface area contributed by atoms with Gasteiger partial charge in [-0.05, 0) is 24.6 Å². The normalized spacial score (nSPS) is 21.9. The number of aliphatic imine (C=N–C) groups is 1. The zero-order chi connectivity index (χ0) is 21.1. The Bertz CT molecular complexity index is 924. The average molecular weight is 420 g/mol. The van der Waals surface area contributed by atoms with E-state index in [0.717, 1.165) is 0 Å². The van der Waals surface area contributed by atoms with Gasteiger partial charge in [0, 0.05) is 30.8 Å². The lowest BCUT2D eigenvalue weighted by molar-refractivity contribution is -0.384. The number of carbonyl (C=O) groups excluding carboxylic acids is 2. The van der Waals surface area contributed by atoms with Crippen molar-refractivity contribution >= 4 is 41.4 Å². The Labute approximate surface area is 170 Å². The van der Waals surface area contributed by atoms with Gasteiger partial charge in [-0.1, -0.05) is 17.7 Å². The SMILES string of the molecule is C/C(Cl)=C/CN1C(N/N=C\c2ccc([N+](=O)[O-])cc2)=NC2C1C(=O)NC(=O)N2C. The molecule has 0 bridgehead atoms. The summed E-state index contributed by atoms with van der Waals surface area (Å²) in [4.78, 5) is 41.9. The van der Waals surface area contributed by atoms with Gasteiger partial charge in [0.05, 0.1) is 11.1 Å². The lowest BCUT2D eigenvalue weighted by atomic mass is 10.1. The van der Waals surface area contributed by atoms with Crippen molar-refractivity contribution in [3.8, 4) is 0 Å². The van der Waals surface area contributed by atoms with Gasteiger partial charge in [0.25, 0.3) is 11.6 Å². The summed E-state index contributed by atoms with van der Waals surface area (Å²) >= 11 is 5.92. The molecule has 1 fully saturated rings. The van der Waals surface area contributed by atoms with Crippen molar-refractivity contribution in [2.24, 2.45) is 10.1 Å². The van der Waals surface area contributed by atoms with Crippen LogP contribution in [0.2, 0.25) is 0 Å². The second-order valence-electron chi connectivity index (χ2n) is 6.38. The van der Waals surface area contributed by atoms with Crippen LogP contribution in [-0.2, 0) is 4.79 Å². The fourth-order valence-electron chi connectivity index (χ4n) is 2.89. The molecule has 3 rings (SSSR count). The molecule has 1 aromatic carbocycles. The minimum atomic E-state index is -0.720. The van der Waals surface area contributed by atoms with Gasteiger partial charge in [-0.3, -0.25) is 20.2 Å². The molecule has 2 unspecified atom stereocenters. The van der Waals surface area contributed by atoms with E-state index in [4.69, 9.17) is 11.6 Å². The molecule has 1 aromatic rings. The molecule has 0 spiro atoms. The molecule has 152 valence electrons. The highest BCUT2D eigenvalue weighted by molar-refractivity contribution is 6.29. The number of non-ortho nitro benzene ring substituents is 1. The first-order valence-electron chi connectivity index (χ1n) is 8.56. The van der Waals surface area contributed by atoms with Crippen LogP contribution in [0.15, 0.2) is 45.5 Å². The summed E-state index contributed by atoms with van der Waals surface area (Å²) in [5.74, 6) is -0.164. The highest BCUT2D eigenvalue weighted by Gasteiger charge is 2.48. The number of nitrogens with one attached hydrogen (secondary N) is 2. The zero-order valence-electron chi connectivity index (χ0n) is 15.6.